The summed E-state index contributed by atoms with van der Waals surface area (Å²) in [5.74, 6) is 1.69. The number of hydrogen-bond acceptors (Lipinski definition) is 2. The second-order valence-corrected chi connectivity index (χ2v) is 5.36. The van der Waals surface area contributed by atoms with Crippen molar-refractivity contribution in [2.45, 2.75) is 32.1 Å². The minimum atomic E-state index is 0.757. The number of nitrogens with one attached hydrogen (secondary N) is 1. The molecule has 0 unspecified atom stereocenters. The minimum absolute atomic E-state index is 0.757. The predicted molar refractivity (Wildman–Crippen MR) is 81.5 cm³/mol. The molecule has 104 valence electrons. The van der Waals surface area contributed by atoms with Crippen LogP contribution in [0.1, 0.15) is 37.7 Å². The summed E-state index contributed by atoms with van der Waals surface area (Å²) in [7, 11) is 3.75. The number of benzene rings is 1. The van der Waals surface area contributed by atoms with Gasteiger partial charge in [0.15, 0.2) is 0 Å². The van der Waals surface area contributed by atoms with Crippen molar-refractivity contribution < 1.29 is 4.74 Å². The van der Waals surface area contributed by atoms with Gasteiger partial charge in [0.1, 0.15) is 5.75 Å². The molecule has 1 aromatic carbocycles. The largest absolute Gasteiger partial charge is 0.497 e. The monoisotopic (exact) mass is 259 g/mol. The van der Waals surface area contributed by atoms with E-state index in [2.05, 4.69) is 29.6 Å². The third kappa shape index (κ3) is 4.10. The maximum Gasteiger partial charge on any atom is 0.119 e. The van der Waals surface area contributed by atoms with Crippen LogP contribution in [0.2, 0.25) is 0 Å². The summed E-state index contributed by atoms with van der Waals surface area (Å²) in [6, 6.07) is 8.32. The van der Waals surface area contributed by atoms with Crippen LogP contribution in [0.15, 0.2) is 29.8 Å². The molecule has 0 bridgehead atoms. The Kier molecular flexibility index (Phi) is 5.46. The van der Waals surface area contributed by atoms with Crippen LogP contribution in [-0.4, -0.2) is 20.7 Å². The molecule has 0 saturated heterocycles. The highest BCUT2D eigenvalue weighted by atomic mass is 16.5. The van der Waals surface area contributed by atoms with E-state index in [1.54, 1.807) is 7.11 Å². The highest BCUT2D eigenvalue weighted by Gasteiger charge is 2.17. The van der Waals surface area contributed by atoms with Crippen LogP contribution in [-0.2, 0) is 0 Å². The van der Waals surface area contributed by atoms with Gasteiger partial charge in [0.05, 0.1) is 7.11 Å². The molecule has 1 aliphatic rings. The summed E-state index contributed by atoms with van der Waals surface area (Å²) in [5, 5.41) is 3.31. The maximum absolute atomic E-state index is 5.30. The fourth-order valence-corrected chi connectivity index (χ4v) is 2.94. The van der Waals surface area contributed by atoms with E-state index < -0.39 is 0 Å². The first-order valence-corrected chi connectivity index (χ1v) is 7.32. The van der Waals surface area contributed by atoms with Crippen molar-refractivity contribution in [2.75, 3.05) is 20.7 Å². The van der Waals surface area contributed by atoms with Gasteiger partial charge in [0.25, 0.3) is 0 Å². The van der Waals surface area contributed by atoms with Crippen LogP contribution in [0.25, 0.3) is 6.08 Å². The van der Waals surface area contributed by atoms with E-state index in [-0.39, 0.29) is 0 Å². The molecule has 0 aromatic heterocycles. The van der Waals surface area contributed by atoms with Crippen LogP contribution >= 0.6 is 0 Å². The van der Waals surface area contributed by atoms with Crippen molar-refractivity contribution in [3.63, 3.8) is 0 Å². The Morgan fingerprint density at radius 2 is 2.11 bits per heavy atom. The molecule has 0 amide bonds. The van der Waals surface area contributed by atoms with Crippen molar-refractivity contribution in [3.8, 4) is 5.75 Å². The topological polar surface area (TPSA) is 21.3 Å². The van der Waals surface area contributed by atoms with Crippen molar-refractivity contribution in [3.05, 3.63) is 35.4 Å². The zero-order valence-corrected chi connectivity index (χ0v) is 12.1. The lowest BCUT2D eigenvalue weighted by Crippen LogP contribution is -2.19. The molecular formula is C17H25NO. The van der Waals surface area contributed by atoms with E-state index in [1.165, 1.54) is 43.2 Å². The summed E-state index contributed by atoms with van der Waals surface area (Å²) in [6.07, 6.45) is 9.19. The lowest BCUT2D eigenvalue weighted by Gasteiger charge is -2.24. The van der Waals surface area contributed by atoms with Gasteiger partial charge < -0.3 is 10.1 Å². The second-order valence-electron chi connectivity index (χ2n) is 5.36. The van der Waals surface area contributed by atoms with Crippen LogP contribution in [0, 0.1) is 5.92 Å². The Labute approximate surface area is 116 Å². The van der Waals surface area contributed by atoms with Gasteiger partial charge in [-0.15, -0.1) is 0 Å². The first-order valence-electron chi connectivity index (χ1n) is 7.32. The average Bonchev–Trinajstić information content (AvgIpc) is 2.48. The third-order valence-corrected chi connectivity index (χ3v) is 3.96. The van der Waals surface area contributed by atoms with Gasteiger partial charge in [-0.3, -0.25) is 0 Å². The van der Waals surface area contributed by atoms with E-state index >= 15 is 0 Å². The SMILES string of the molecule is CNCC(=Cc1cccc(OC)c1)C1CCCCC1. The summed E-state index contributed by atoms with van der Waals surface area (Å²) in [6.45, 7) is 0.988. The van der Waals surface area contributed by atoms with E-state index in [0.717, 1.165) is 18.2 Å². The number of ether oxygens (including phenoxy) is 1. The molecule has 1 N–H and O–H groups in total. The van der Waals surface area contributed by atoms with Gasteiger partial charge >= 0.3 is 0 Å². The zero-order valence-electron chi connectivity index (χ0n) is 12.1. The van der Waals surface area contributed by atoms with Gasteiger partial charge in [-0.05, 0) is 43.5 Å². The molecule has 2 heteroatoms. The molecule has 0 heterocycles. The molecule has 2 nitrogen and oxygen atoms in total. The molecule has 2 rings (SSSR count). The van der Waals surface area contributed by atoms with Gasteiger partial charge in [-0.1, -0.05) is 43.0 Å². The molecular weight excluding hydrogens is 234 g/mol. The number of hydrogen-bond donors (Lipinski definition) is 1. The predicted octanol–water partition coefficient (Wildman–Crippen LogP) is 3.88. The van der Waals surface area contributed by atoms with Crippen LogP contribution in [0.5, 0.6) is 5.75 Å². The number of likely N-dealkylation sites (N-methyl/N-ethyl adjacent to an activating group) is 1. The Morgan fingerprint density at radius 3 is 2.79 bits per heavy atom. The summed E-state index contributed by atoms with van der Waals surface area (Å²) >= 11 is 0. The Balaban J connectivity index is 2.18. The van der Waals surface area contributed by atoms with E-state index in [9.17, 15) is 0 Å². The second kappa shape index (κ2) is 7.34. The number of rotatable bonds is 5. The highest BCUT2D eigenvalue weighted by Crippen LogP contribution is 2.30. The molecule has 0 atom stereocenters. The zero-order chi connectivity index (χ0) is 13.5. The molecule has 0 radical (unpaired) electrons. The maximum atomic E-state index is 5.30. The summed E-state index contributed by atoms with van der Waals surface area (Å²) in [5.41, 5.74) is 2.78. The first-order chi connectivity index (χ1) is 9.33. The Morgan fingerprint density at radius 1 is 1.32 bits per heavy atom. The minimum Gasteiger partial charge on any atom is -0.497 e. The highest BCUT2D eigenvalue weighted by molar-refractivity contribution is 5.55. The van der Waals surface area contributed by atoms with Gasteiger partial charge in [0, 0.05) is 6.54 Å². The molecule has 1 saturated carbocycles. The summed E-state index contributed by atoms with van der Waals surface area (Å²) in [4.78, 5) is 0. The van der Waals surface area contributed by atoms with Crippen molar-refractivity contribution in [1.29, 1.82) is 0 Å². The molecule has 0 spiro atoms. The Hall–Kier alpha value is -1.28. The normalized spacial score (nSPS) is 17.5. The van der Waals surface area contributed by atoms with Crippen molar-refractivity contribution in [2.24, 2.45) is 5.92 Å². The van der Waals surface area contributed by atoms with E-state index in [1.807, 2.05) is 13.1 Å². The standard InChI is InChI=1S/C17H25NO/c1-18-13-16(15-8-4-3-5-9-15)11-14-7-6-10-17(12-14)19-2/h6-7,10-12,15,18H,3-5,8-9,13H2,1-2H3. The molecule has 1 aliphatic carbocycles. The third-order valence-electron chi connectivity index (χ3n) is 3.96. The quantitative estimate of drug-likeness (QED) is 0.866. The first kappa shape index (κ1) is 14.1. The van der Waals surface area contributed by atoms with Crippen molar-refractivity contribution >= 4 is 6.08 Å². The van der Waals surface area contributed by atoms with Gasteiger partial charge in [-0.25, -0.2) is 0 Å². The molecule has 1 aromatic rings. The average molecular weight is 259 g/mol. The van der Waals surface area contributed by atoms with Gasteiger partial charge in [0.2, 0.25) is 0 Å². The van der Waals surface area contributed by atoms with Crippen LogP contribution in [0.4, 0.5) is 0 Å². The molecule has 1 fully saturated rings. The van der Waals surface area contributed by atoms with Crippen LogP contribution in [0.3, 0.4) is 0 Å². The fourth-order valence-electron chi connectivity index (χ4n) is 2.94. The molecule has 0 aliphatic heterocycles. The van der Waals surface area contributed by atoms with Gasteiger partial charge in [-0.2, -0.15) is 0 Å². The lowest BCUT2D eigenvalue weighted by molar-refractivity contribution is 0.398. The fraction of sp³-hybridized carbons (Fsp3) is 0.529. The smallest absolute Gasteiger partial charge is 0.119 e. The number of methoxy groups -OCH3 is 1. The summed E-state index contributed by atoms with van der Waals surface area (Å²) < 4.78 is 5.30. The van der Waals surface area contributed by atoms with Crippen molar-refractivity contribution in [1.82, 2.24) is 5.32 Å². The molecule has 19 heavy (non-hydrogen) atoms. The lowest BCUT2D eigenvalue weighted by atomic mass is 9.83. The van der Waals surface area contributed by atoms with Crippen LogP contribution < -0.4 is 10.1 Å². The van der Waals surface area contributed by atoms with E-state index in [0.29, 0.717) is 0 Å². The van der Waals surface area contributed by atoms with E-state index in [4.69, 9.17) is 4.74 Å². The Bertz CT molecular complexity index is 419.